The van der Waals surface area contributed by atoms with Crippen LogP contribution >= 0.6 is 0 Å². The number of benzene rings is 1. The fourth-order valence-corrected chi connectivity index (χ4v) is 2.10. The number of fused-ring (bicyclic) bond motifs is 1. The molecule has 1 aromatic rings. The molecule has 0 aromatic heterocycles. The summed E-state index contributed by atoms with van der Waals surface area (Å²) in [5, 5.41) is 6.30. The second-order valence-electron chi connectivity index (χ2n) is 6.09. The highest BCUT2D eigenvalue weighted by molar-refractivity contribution is 7.79. The van der Waals surface area contributed by atoms with Gasteiger partial charge in [-0.1, -0.05) is 24.3 Å². The molecule has 7 nitrogen and oxygen atoms in total. The standard InChI is InChI=1S/C14H20N2O.H2O4S/c1-14(2,3)16-13(17)12-8-10-6-4-5-7-11(10)9-15-12;1-5(2,3)4/h4-7,12,15H,8-9H2,1-3H3,(H,16,17);(H2,1,2,3,4). The SMILES string of the molecule is CC(C)(C)NC(=O)C1Cc2ccccc2CN1.O=S(=O)(O)O. The van der Waals surface area contributed by atoms with Gasteiger partial charge >= 0.3 is 10.4 Å². The van der Waals surface area contributed by atoms with Gasteiger partial charge in [0.2, 0.25) is 5.91 Å². The van der Waals surface area contributed by atoms with Crippen LogP contribution in [0.1, 0.15) is 31.9 Å². The van der Waals surface area contributed by atoms with Crippen LogP contribution in [0.3, 0.4) is 0 Å². The van der Waals surface area contributed by atoms with Gasteiger partial charge in [-0.2, -0.15) is 8.42 Å². The molecule has 0 fully saturated rings. The van der Waals surface area contributed by atoms with Crippen LogP contribution in [0.2, 0.25) is 0 Å². The molecule has 2 rings (SSSR count). The van der Waals surface area contributed by atoms with Crippen molar-refractivity contribution in [1.29, 1.82) is 0 Å². The summed E-state index contributed by atoms with van der Waals surface area (Å²) in [6.07, 6.45) is 0.776. The number of hydrogen-bond donors (Lipinski definition) is 4. The molecular weight excluding hydrogens is 308 g/mol. The molecule has 1 aliphatic heterocycles. The fraction of sp³-hybridized carbons (Fsp3) is 0.500. The maximum absolute atomic E-state index is 12.0. The lowest BCUT2D eigenvalue weighted by atomic mass is 9.95. The lowest BCUT2D eigenvalue weighted by Gasteiger charge is -2.29. The van der Waals surface area contributed by atoms with Crippen molar-refractivity contribution in [2.75, 3.05) is 0 Å². The zero-order valence-corrected chi connectivity index (χ0v) is 13.6. The summed E-state index contributed by atoms with van der Waals surface area (Å²) in [5.41, 5.74) is 2.41. The highest BCUT2D eigenvalue weighted by atomic mass is 32.3. The quantitative estimate of drug-likeness (QED) is 0.570. The third-order valence-corrected chi connectivity index (χ3v) is 2.90. The monoisotopic (exact) mass is 330 g/mol. The number of amides is 1. The maximum Gasteiger partial charge on any atom is 0.394 e. The minimum atomic E-state index is -4.67. The average Bonchev–Trinajstić information content (AvgIpc) is 2.34. The summed E-state index contributed by atoms with van der Waals surface area (Å²) < 4.78 is 31.6. The molecule has 4 N–H and O–H groups in total. The van der Waals surface area contributed by atoms with Crippen LogP contribution in [0.15, 0.2) is 24.3 Å². The molecule has 1 unspecified atom stereocenters. The summed E-state index contributed by atoms with van der Waals surface area (Å²) in [4.78, 5) is 12.0. The first-order chi connectivity index (χ1) is 9.96. The number of carbonyl (C=O) groups is 1. The van der Waals surface area contributed by atoms with E-state index in [-0.39, 0.29) is 17.5 Å². The molecule has 0 saturated carbocycles. The molecule has 0 spiro atoms. The smallest absolute Gasteiger partial charge is 0.350 e. The Morgan fingerprint density at radius 3 is 2.23 bits per heavy atom. The van der Waals surface area contributed by atoms with E-state index in [1.54, 1.807) is 0 Å². The van der Waals surface area contributed by atoms with Gasteiger partial charge < -0.3 is 10.6 Å². The van der Waals surface area contributed by atoms with Crippen LogP contribution in [0.5, 0.6) is 0 Å². The second kappa shape index (κ2) is 7.19. The first-order valence-corrected chi connectivity index (χ1v) is 8.17. The van der Waals surface area contributed by atoms with E-state index >= 15 is 0 Å². The maximum atomic E-state index is 12.0. The molecule has 1 aliphatic rings. The Bertz CT molecular complexity index is 614. The van der Waals surface area contributed by atoms with Crippen molar-refractivity contribution in [3.8, 4) is 0 Å². The Hall–Kier alpha value is -1.48. The minimum Gasteiger partial charge on any atom is -0.350 e. The molecule has 1 amide bonds. The third kappa shape index (κ3) is 7.51. The van der Waals surface area contributed by atoms with Gasteiger partial charge in [0.25, 0.3) is 0 Å². The van der Waals surface area contributed by atoms with Crippen molar-refractivity contribution in [2.45, 2.75) is 45.3 Å². The zero-order valence-electron chi connectivity index (χ0n) is 12.8. The van der Waals surface area contributed by atoms with Crippen molar-refractivity contribution in [1.82, 2.24) is 10.6 Å². The Balaban J connectivity index is 0.000000422. The summed E-state index contributed by atoms with van der Waals surface area (Å²) in [5.74, 6) is 0.0898. The second-order valence-corrected chi connectivity index (χ2v) is 6.99. The van der Waals surface area contributed by atoms with E-state index in [0.717, 1.165) is 13.0 Å². The van der Waals surface area contributed by atoms with E-state index in [1.807, 2.05) is 32.9 Å². The van der Waals surface area contributed by atoms with Gasteiger partial charge in [-0.15, -0.1) is 0 Å². The summed E-state index contributed by atoms with van der Waals surface area (Å²) in [6.45, 7) is 6.78. The van der Waals surface area contributed by atoms with Gasteiger partial charge in [-0.05, 0) is 38.3 Å². The average molecular weight is 330 g/mol. The largest absolute Gasteiger partial charge is 0.394 e. The van der Waals surface area contributed by atoms with Crippen molar-refractivity contribution < 1.29 is 22.3 Å². The molecule has 0 saturated heterocycles. The lowest BCUT2D eigenvalue weighted by Crippen LogP contribution is -2.52. The Kier molecular flexibility index (Phi) is 6.07. The predicted octanol–water partition coefficient (Wildman–Crippen LogP) is 0.963. The minimum absolute atomic E-state index is 0.0898. The van der Waals surface area contributed by atoms with E-state index in [1.165, 1.54) is 11.1 Å². The van der Waals surface area contributed by atoms with Gasteiger partial charge in [0, 0.05) is 12.1 Å². The molecule has 0 radical (unpaired) electrons. The number of rotatable bonds is 1. The molecule has 22 heavy (non-hydrogen) atoms. The van der Waals surface area contributed by atoms with Crippen LogP contribution in [0.4, 0.5) is 0 Å². The number of nitrogens with one attached hydrogen (secondary N) is 2. The molecule has 1 aromatic carbocycles. The van der Waals surface area contributed by atoms with E-state index in [9.17, 15) is 4.79 Å². The summed E-state index contributed by atoms with van der Waals surface area (Å²) >= 11 is 0. The number of carbonyl (C=O) groups excluding carboxylic acids is 1. The van der Waals surface area contributed by atoms with Gasteiger partial charge in [0.1, 0.15) is 0 Å². The van der Waals surface area contributed by atoms with Crippen LogP contribution in [0.25, 0.3) is 0 Å². The van der Waals surface area contributed by atoms with Crippen LogP contribution < -0.4 is 10.6 Å². The highest BCUT2D eigenvalue weighted by Gasteiger charge is 2.26. The van der Waals surface area contributed by atoms with Gasteiger partial charge in [0.05, 0.1) is 6.04 Å². The topological polar surface area (TPSA) is 116 Å². The van der Waals surface area contributed by atoms with E-state index in [0.29, 0.717) is 0 Å². The highest BCUT2D eigenvalue weighted by Crippen LogP contribution is 2.16. The van der Waals surface area contributed by atoms with Gasteiger partial charge in [0.15, 0.2) is 0 Å². The lowest BCUT2D eigenvalue weighted by molar-refractivity contribution is -0.124. The molecule has 0 bridgehead atoms. The van der Waals surface area contributed by atoms with Crippen LogP contribution in [-0.2, 0) is 28.2 Å². The van der Waals surface area contributed by atoms with Crippen LogP contribution in [0, 0.1) is 0 Å². The Labute approximate surface area is 130 Å². The first kappa shape index (κ1) is 18.6. The summed E-state index contributed by atoms with van der Waals surface area (Å²) in [6, 6.07) is 8.18. The molecule has 1 atom stereocenters. The first-order valence-electron chi connectivity index (χ1n) is 6.78. The van der Waals surface area contributed by atoms with Crippen molar-refractivity contribution in [3.63, 3.8) is 0 Å². The molecule has 124 valence electrons. The fourth-order valence-electron chi connectivity index (χ4n) is 2.10. The van der Waals surface area contributed by atoms with Crippen molar-refractivity contribution in [2.24, 2.45) is 0 Å². The zero-order chi connectivity index (χ0) is 17.0. The van der Waals surface area contributed by atoms with Gasteiger partial charge in [-0.25, -0.2) is 0 Å². The van der Waals surface area contributed by atoms with E-state index in [4.69, 9.17) is 17.5 Å². The van der Waals surface area contributed by atoms with Crippen LogP contribution in [-0.4, -0.2) is 35.0 Å². The summed E-state index contributed by atoms with van der Waals surface area (Å²) in [7, 11) is -4.67. The third-order valence-electron chi connectivity index (χ3n) is 2.90. The van der Waals surface area contributed by atoms with E-state index < -0.39 is 10.4 Å². The molecular formula is C14H22N2O5S. The van der Waals surface area contributed by atoms with Gasteiger partial charge in [-0.3, -0.25) is 13.9 Å². The van der Waals surface area contributed by atoms with E-state index in [2.05, 4.69) is 22.8 Å². The number of hydrogen-bond acceptors (Lipinski definition) is 4. The van der Waals surface area contributed by atoms with Crippen molar-refractivity contribution >= 4 is 16.3 Å². The Morgan fingerprint density at radius 2 is 1.73 bits per heavy atom. The molecule has 0 aliphatic carbocycles. The molecule has 1 heterocycles. The molecule has 8 heteroatoms. The predicted molar refractivity (Wildman–Crippen MR) is 82.8 cm³/mol. The van der Waals surface area contributed by atoms with Crippen molar-refractivity contribution in [3.05, 3.63) is 35.4 Å². The normalized spacial score (nSPS) is 17.8. The Morgan fingerprint density at radius 1 is 1.23 bits per heavy atom.